The third kappa shape index (κ3) is 2.48. The maximum Gasteiger partial charge on any atom is 0.0812 e. The first-order valence-corrected chi connectivity index (χ1v) is 5.53. The first-order chi connectivity index (χ1) is 5.70. The van der Waals surface area contributed by atoms with Crippen molar-refractivity contribution in [2.24, 2.45) is 5.92 Å². The van der Waals surface area contributed by atoms with Gasteiger partial charge in [-0.3, -0.25) is 0 Å². The lowest BCUT2D eigenvalue weighted by atomic mass is 10.1. The van der Waals surface area contributed by atoms with Gasteiger partial charge in [-0.05, 0) is 26.7 Å². The molecule has 1 aliphatic carbocycles. The number of nitrogens with zero attached hydrogens (tertiary/aromatic N) is 1. The van der Waals surface area contributed by atoms with Gasteiger partial charge in [-0.1, -0.05) is 12.8 Å². The van der Waals surface area contributed by atoms with Gasteiger partial charge in [-0.25, -0.2) is 0 Å². The number of hydrogen-bond acceptors (Lipinski definition) is 0. The van der Waals surface area contributed by atoms with E-state index >= 15 is 0 Å². The van der Waals surface area contributed by atoms with Crippen LogP contribution in [0.2, 0.25) is 0 Å². The van der Waals surface area contributed by atoms with Crippen molar-refractivity contribution in [3.8, 4) is 0 Å². The van der Waals surface area contributed by atoms with Crippen molar-refractivity contribution < 1.29 is 4.48 Å². The Morgan fingerprint density at radius 1 is 1.08 bits per heavy atom. The molecule has 72 valence electrons. The maximum atomic E-state index is 2.40. The molecule has 0 spiro atoms. The molecule has 0 amide bonds. The van der Waals surface area contributed by atoms with Gasteiger partial charge < -0.3 is 4.48 Å². The van der Waals surface area contributed by atoms with Crippen LogP contribution in [0.25, 0.3) is 0 Å². The van der Waals surface area contributed by atoms with Crippen LogP contribution in [0.5, 0.6) is 0 Å². The third-order valence-electron chi connectivity index (χ3n) is 3.70. The highest BCUT2D eigenvalue weighted by atomic mass is 15.3. The number of hydrogen-bond donors (Lipinski definition) is 0. The summed E-state index contributed by atoms with van der Waals surface area (Å²) in [6.07, 6.45) is 5.96. The molecule has 1 fully saturated rings. The van der Waals surface area contributed by atoms with E-state index in [1.54, 1.807) is 0 Å². The van der Waals surface area contributed by atoms with Crippen LogP contribution in [-0.2, 0) is 0 Å². The van der Waals surface area contributed by atoms with E-state index in [0.29, 0.717) is 0 Å². The molecule has 0 heterocycles. The van der Waals surface area contributed by atoms with Crippen LogP contribution >= 0.6 is 0 Å². The average molecular weight is 170 g/mol. The zero-order chi connectivity index (χ0) is 9.03. The lowest BCUT2D eigenvalue weighted by molar-refractivity contribution is -0.909. The van der Waals surface area contributed by atoms with E-state index < -0.39 is 0 Å². The van der Waals surface area contributed by atoms with E-state index in [1.807, 2.05) is 0 Å². The molecule has 0 saturated heterocycles. The standard InChI is InChI=1S/C11H24N/c1-4-12(3,5-2)10-11-8-6-7-9-11/h11H,4-10H2,1-3H3/q+1. The predicted octanol–water partition coefficient (Wildman–Crippen LogP) is 2.66. The smallest absolute Gasteiger partial charge is 0.0812 e. The first-order valence-electron chi connectivity index (χ1n) is 5.53. The fourth-order valence-electron chi connectivity index (χ4n) is 2.30. The topological polar surface area (TPSA) is 0 Å². The second-order valence-electron chi connectivity index (χ2n) is 4.59. The maximum absolute atomic E-state index is 2.40. The Morgan fingerprint density at radius 2 is 1.58 bits per heavy atom. The molecule has 1 aliphatic rings. The Balaban J connectivity index is 2.35. The summed E-state index contributed by atoms with van der Waals surface area (Å²) in [6, 6.07) is 0. The van der Waals surface area contributed by atoms with Crippen molar-refractivity contribution >= 4 is 0 Å². The van der Waals surface area contributed by atoms with Crippen molar-refractivity contribution in [3.05, 3.63) is 0 Å². The molecular weight excluding hydrogens is 146 g/mol. The Morgan fingerprint density at radius 3 is 2.00 bits per heavy atom. The van der Waals surface area contributed by atoms with Crippen LogP contribution in [-0.4, -0.2) is 31.2 Å². The third-order valence-corrected chi connectivity index (χ3v) is 3.70. The summed E-state index contributed by atoms with van der Waals surface area (Å²) in [4.78, 5) is 0. The predicted molar refractivity (Wildman–Crippen MR) is 54.1 cm³/mol. The fourth-order valence-corrected chi connectivity index (χ4v) is 2.30. The fraction of sp³-hybridized carbons (Fsp3) is 1.00. The molecule has 0 aromatic rings. The van der Waals surface area contributed by atoms with Gasteiger partial charge in [0.05, 0.1) is 26.7 Å². The van der Waals surface area contributed by atoms with Crippen LogP contribution < -0.4 is 0 Å². The number of rotatable bonds is 4. The van der Waals surface area contributed by atoms with Crippen molar-refractivity contribution in [2.45, 2.75) is 39.5 Å². The highest BCUT2D eigenvalue weighted by Crippen LogP contribution is 2.26. The van der Waals surface area contributed by atoms with E-state index in [0.717, 1.165) is 5.92 Å². The van der Waals surface area contributed by atoms with Crippen molar-refractivity contribution in [2.75, 3.05) is 26.7 Å². The van der Waals surface area contributed by atoms with Gasteiger partial charge >= 0.3 is 0 Å². The summed E-state index contributed by atoms with van der Waals surface area (Å²) >= 11 is 0. The molecule has 0 N–H and O–H groups in total. The van der Waals surface area contributed by atoms with E-state index in [9.17, 15) is 0 Å². The van der Waals surface area contributed by atoms with Gasteiger partial charge in [0.2, 0.25) is 0 Å². The van der Waals surface area contributed by atoms with Gasteiger partial charge in [0.1, 0.15) is 0 Å². The molecule has 0 aromatic heterocycles. The van der Waals surface area contributed by atoms with E-state index in [1.165, 1.54) is 49.8 Å². The van der Waals surface area contributed by atoms with E-state index in [-0.39, 0.29) is 0 Å². The lowest BCUT2D eigenvalue weighted by Crippen LogP contribution is -2.46. The van der Waals surface area contributed by atoms with Crippen molar-refractivity contribution in [3.63, 3.8) is 0 Å². The van der Waals surface area contributed by atoms with Gasteiger partial charge in [0, 0.05) is 5.92 Å². The molecule has 1 rings (SSSR count). The molecule has 0 radical (unpaired) electrons. The van der Waals surface area contributed by atoms with Crippen LogP contribution in [0, 0.1) is 5.92 Å². The second kappa shape index (κ2) is 4.27. The molecule has 0 bridgehead atoms. The number of quaternary nitrogens is 1. The molecule has 0 unspecified atom stereocenters. The minimum absolute atomic E-state index is 1.04. The van der Waals surface area contributed by atoms with Gasteiger partial charge in [0.25, 0.3) is 0 Å². The van der Waals surface area contributed by atoms with Crippen molar-refractivity contribution in [1.82, 2.24) is 0 Å². The normalized spacial score (nSPS) is 20.2. The lowest BCUT2D eigenvalue weighted by Gasteiger charge is -2.34. The van der Waals surface area contributed by atoms with Crippen LogP contribution in [0.4, 0.5) is 0 Å². The van der Waals surface area contributed by atoms with Gasteiger partial charge in [0.15, 0.2) is 0 Å². The highest BCUT2D eigenvalue weighted by molar-refractivity contribution is 4.66. The first kappa shape index (κ1) is 10.0. The van der Waals surface area contributed by atoms with Crippen LogP contribution in [0.1, 0.15) is 39.5 Å². The monoisotopic (exact) mass is 170 g/mol. The quantitative estimate of drug-likeness (QED) is 0.569. The van der Waals surface area contributed by atoms with Crippen molar-refractivity contribution in [1.29, 1.82) is 0 Å². The van der Waals surface area contributed by atoms with Crippen LogP contribution in [0.15, 0.2) is 0 Å². The van der Waals surface area contributed by atoms with Gasteiger partial charge in [-0.15, -0.1) is 0 Å². The second-order valence-corrected chi connectivity index (χ2v) is 4.59. The largest absolute Gasteiger partial charge is 0.326 e. The molecule has 1 saturated carbocycles. The minimum atomic E-state index is 1.04. The minimum Gasteiger partial charge on any atom is -0.326 e. The summed E-state index contributed by atoms with van der Waals surface area (Å²) in [5, 5.41) is 0. The molecule has 12 heavy (non-hydrogen) atoms. The van der Waals surface area contributed by atoms with E-state index in [4.69, 9.17) is 0 Å². The van der Waals surface area contributed by atoms with E-state index in [2.05, 4.69) is 20.9 Å². The zero-order valence-electron chi connectivity index (χ0n) is 8.97. The summed E-state index contributed by atoms with van der Waals surface area (Å²) in [7, 11) is 2.40. The summed E-state index contributed by atoms with van der Waals surface area (Å²) in [5.41, 5.74) is 0. The molecule has 0 atom stereocenters. The molecule has 0 aliphatic heterocycles. The molecule has 0 aromatic carbocycles. The molecule has 1 heteroatoms. The summed E-state index contributed by atoms with van der Waals surface area (Å²) in [6.45, 7) is 8.66. The Hall–Kier alpha value is -0.0400. The highest BCUT2D eigenvalue weighted by Gasteiger charge is 2.25. The Kier molecular flexibility index (Phi) is 3.57. The Labute approximate surface area is 77.4 Å². The Bertz CT molecular complexity index is 121. The zero-order valence-corrected chi connectivity index (χ0v) is 8.97. The SMILES string of the molecule is CC[N+](C)(CC)CC1CCCC1. The van der Waals surface area contributed by atoms with Crippen LogP contribution in [0.3, 0.4) is 0 Å². The molecular formula is C11H24N+. The summed E-state index contributed by atoms with van der Waals surface area (Å²) in [5.74, 6) is 1.04. The average Bonchev–Trinajstić information content (AvgIpc) is 2.57. The molecule has 1 nitrogen and oxygen atoms in total. The van der Waals surface area contributed by atoms with Gasteiger partial charge in [-0.2, -0.15) is 0 Å². The summed E-state index contributed by atoms with van der Waals surface area (Å²) < 4.78 is 1.28.